The third-order valence-corrected chi connectivity index (χ3v) is 4.72. The van der Waals surface area contributed by atoms with E-state index in [0.29, 0.717) is 5.25 Å². The van der Waals surface area contributed by atoms with Gasteiger partial charge in [0.05, 0.1) is 0 Å². The van der Waals surface area contributed by atoms with E-state index in [-0.39, 0.29) is 18.0 Å². The standard InChI is InChI=1S/C13H14O2S/c14-13-12-10(15-13)7-4-8-11(12)16-9-5-2-1-3-6-9/h1-3,5-6,10-12H,4,7-8H2/t10-,11-,12-/m0/s1. The molecule has 1 aliphatic carbocycles. The molecule has 2 aliphatic rings. The van der Waals surface area contributed by atoms with Crippen LogP contribution in [0, 0.1) is 5.92 Å². The highest BCUT2D eigenvalue weighted by molar-refractivity contribution is 8.00. The van der Waals surface area contributed by atoms with Crippen LogP contribution < -0.4 is 0 Å². The van der Waals surface area contributed by atoms with E-state index >= 15 is 0 Å². The van der Waals surface area contributed by atoms with Crippen molar-refractivity contribution in [1.29, 1.82) is 0 Å². The molecular formula is C13H14O2S. The molecule has 0 aromatic heterocycles. The normalized spacial score (nSPS) is 32.5. The molecule has 0 bridgehead atoms. The lowest BCUT2D eigenvalue weighted by Gasteiger charge is -2.43. The summed E-state index contributed by atoms with van der Waals surface area (Å²) in [5.74, 6) is 0.164. The molecular weight excluding hydrogens is 220 g/mol. The number of hydrogen-bond donors (Lipinski definition) is 0. The van der Waals surface area contributed by atoms with Crippen molar-refractivity contribution in [3.8, 4) is 0 Å². The van der Waals surface area contributed by atoms with Crippen molar-refractivity contribution in [2.45, 2.75) is 35.5 Å². The Hall–Kier alpha value is -0.960. The van der Waals surface area contributed by atoms with E-state index in [4.69, 9.17) is 4.74 Å². The quantitative estimate of drug-likeness (QED) is 0.736. The first kappa shape index (κ1) is 10.2. The Morgan fingerprint density at radius 3 is 2.75 bits per heavy atom. The number of thioether (sulfide) groups is 1. The molecule has 0 N–H and O–H groups in total. The van der Waals surface area contributed by atoms with Crippen molar-refractivity contribution in [2.24, 2.45) is 5.92 Å². The molecule has 1 saturated carbocycles. The van der Waals surface area contributed by atoms with Gasteiger partial charge in [0.1, 0.15) is 12.0 Å². The molecule has 3 heteroatoms. The van der Waals surface area contributed by atoms with Crippen molar-refractivity contribution >= 4 is 17.7 Å². The third kappa shape index (κ3) is 1.73. The minimum absolute atomic E-state index is 0.0122. The SMILES string of the molecule is O=C1O[C@H]2CCC[C@H](Sc3ccccc3)[C@@H]12. The van der Waals surface area contributed by atoms with Gasteiger partial charge in [0, 0.05) is 10.1 Å². The molecule has 16 heavy (non-hydrogen) atoms. The maximum absolute atomic E-state index is 11.4. The number of carbonyl (C=O) groups is 1. The minimum Gasteiger partial charge on any atom is -0.461 e. The molecule has 2 nitrogen and oxygen atoms in total. The average Bonchev–Trinajstić information content (AvgIpc) is 2.29. The third-order valence-electron chi connectivity index (χ3n) is 3.35. The Morgan fingerprint density at radius 2 is 2.00 bits per heavy atom. The lowest BCUT2D eigenvalue weighted by molar-refractivity contribution is -0.188. The molecule has 0 spiro atoms. The summed E-state index contributed by atoms with van der Waals surface area (Å²) in [6.07, 6.45) is 3.58. The van der Waals surface area contributed by atoms with E-state index < -0.39 is 0 Å². The summed E-state index contributed by atoms with van der Waals surface area (Å²) < 4.78 is 5.16. The first-order valence-electron chi connectivity index (χ1n) is 5.77. The molecule has 1 heterocycles. The predicted octanol–water partition coefficient (Wildman–Crippen LogP) is 2.87. The van der Waals surface area contributed by atoms with Gasteiger partial charge in [-0.05, 0) is 31.4 Å². The van der Waals surface area contributed by atoms with Gasteiger partial charge in [0.25, 0.3) is 0 Å². The van der Waals surface area contributed by atoms with Crippen LogP contribution in [0.1, 0.15) is 19.3 Å². The molecule has 1 aromatic rings. The lowest BCUT2D eigenvalue weighted by Crippen LogP contribution is -2.52. The number of benzene rings is 1. The number of carbonyl (C=O) groups excluding carboxylic acids is 1. The van der Waals surface area contributed by atoms with Crippen LogP contribution in [0.4, 0.5) is 0 Å². The Bertz CT molecular complexity index is 390. The molecule has 1 aliphatic heterocycles. The molecule has 84 valence electrons. The van der Waals surface area contributed by atoms with Gasteiger partial charge in [-0.1, -0.05) is 18.2 Å². The number of rotatable bonds is 2. The van der Waals surface area contributed by atoms with E-state index in [1.165, 1.54) is 11.3 Å². The van der Waals surface area contributed by atoms with Crippen molar-refractivity contribution in [3.05, 3.63) is 30.3 Å². The smallest absolute Gasteiger partial charge is 0.314 e. The van der Waals surface area contributed by atoms with Crippen molar-refractivity contribution < 1.29 is 9.53 Å². The maximum Gasteiger partial charge on any atom is 0.314 e. The van der Waals surface area contributed by atoms with Gasteiger partial charge in [-0.25, -0.2) is 0 Å². The summed E-state index contributed by atoms with van der Waals surface area (Å²) in [6, 6.07) is 10.3. The van der Waals surface area contributed by atoms with Crippen LogP contribution in [0.15, 0.2) is 35.2 Å². The maximum atomic E-state index is 11.4. The topological polar surface area (TPSA) is 26.3 Å². The van der Waals surface area contributed by atoms with Crippen LogP contribution in [0.25, 0.3) is 0 Å². The van der Waals surface area contributed by atoms with Crippen molar-refractivity contribution in [2.75, 3.05) is 0 Å². The van der Waals surface area contributed by atoms with E-state index in [1.54, 1.807) is 0 Å². The van der Waals surface area contributed by atoms with Gasteiger partial charge in [0.2, 0.25) is 0 Å². The number of ether oxygens (including phenoxy) is 1. The fourth-order valence-electron chi connectivity index (χ4n) is 2.52. The van der Waals surface area contributed by atoms with E-state index in [2.05, 4.69) is 12.1 Å². The second-order valence-electron chi connectivity index (χ2n) is 4.40. The van der Waals surface area contributed by atoms with Crippen LogP contribution in [-0.4, -0.2) is 17.3 Å². The summed E-state index contributed by atoms with van der Waals surface area (Å²) in [5.41, 5.74) is 0. The largest absolute Gasteiger partial charge is 0.461 e. The number of fused-ring (bicyclic) bond motifs is 1. The molecule has 0 unspecified atom stereocenters. The van der Waals surface area contributed by atoms with Crippen LogP contribution in [0.5, 0.6) is 0 Å². The van der Waals surface area contributed by atoms with Gasteiger partial charge in [-0.3, -0.25) is 4.79 Å². The molecule has 0 amide bonds. The van der Waals surface area contributed by atoms with Gasteiger partial charge >= 0.3 is 5.97 Å². The highest BCUT2D eigenvalue weighted by Gasteiger charge is 2.49. The lowest BCUT2D eigenvalue weighted by atomic mass is 9.82. The van der Waals surface area contributed by atoms with E-state index in [0.717, 1.165) is 12.8 Å². The van der Waals surface area contributed by atoms with Crippen LogP contribution in [0.3, 0.4) is 0 Å². The summed E-state index contributed by atoms with van der Waals surface area (Å²) in [4.78, 5) is 12.7. The molecule has 0 radical (unpaired) electrons. The Morgan fingerprint density at radius 1 is 1.19 bits per heavy atom. The first-order valence-corrected chi connectivity index (χ1v) is 6.65. The Balaban J connectivity index is 1.72. The highest BCUT2D eigenvalue weighted by atomic mass is 32.2. The van der Waals surface area contributed by atoms with Gasteiger partial charge < -0.3 is 4.74 Å². The second-order valence-corrected chi connectivity index (χ2v) is 5.71. The highest BCUT2D eigenvalue weighted by Crippen LogP contribution is 2.43. The zero-order valence-electron chi connectivity index (χ0n) is 8.96. The van der Waals surface area contributed by atoms with Gasteiger partial charge in [-0.2, -0.15) is 0 Å². The predicted molar refractivity (Wildman–Crippen MR) is 63.3 cm³/mol. The van der Waals surface area contributed by atoms with Crippen LogP contribution in [-0.2, 0) is 9.53 Å². The second kappa shape index (κ2) is 4.13. The molecule has 3 atom stereocenters. The van der Waals surface area contributed by atoms with Gasteiger partial charge in [0.15, 0.2) is 0 Å². The molecule has 1 saturated heterocycles. The average molecular weight is 234 g/mol. The Labute approximate surface area is 99.4 Å². The number of hydrogen-bond acceptors (Lipinski definition) is 3. The summed E-state index contributed by atoms with van der Waals surface area (Å²) in [5, 5.41) is 0.419. The summed E-state index contributed by atoms with van der Waals surface area (Å²) in [6.45, 7) is 0. The molecule has 2 fully saturated rings. The van der Waals surface area contributed by atoms with Crippen molar-refractivity contribution in [3.63, 3.8) is 0 Å². The monoisotopic (exact) mass is 234 g/mol. The van der Waals surface area contributed by atoms with E-state index in [1.807, 2.05) is 30.0 Å². The zero-order valence-corrected chi connectivity index (χ0v) is 9.78. The zero-order chi connectivity index (χ0) is 11.0. The summed E-state index contributed by atoms with van der Waals surface area (Å²) in [7, 11) is 0. The summed E-state index contributed by atoms with van der Waals surface area (Å²) >= 11 is 1.83. The molecule has 3 rings (SSSR count). The fourth-order valence-corrected chi connectivity index (χ4v) is 3.90. The van der Waals surface area contributed by atoms with Gasteiger partial charge in [-0.15, -0.1) is 11.8 Å². The Kier molecular flexibility index (Phi) is 2.64. The fraction of sp³-hybridized carbons (Fsp3) is 0.462. The first-order chi connectivity index (χ1) is 7.84. The van der Waals surface area contributed by atoms with E-state index in [9.17, 15) is 4.79 Å². The van der Waals surface area contributed by atoms with Crippen LogP contribution in [0.2, 0.25) is 0 Å². The minimum atomic E-state index is 0.0122. The molecule has 1 aromatic carbocycles. The van der Waals surface area contributed by atoms with Crippen LogP contribution >= 0.6 is 11.8 Å². The number of esters is 1. The van der Waals surface area contributed by atoms with Crippen molar-refractivity contribution in [1.82, 2.24) is 0 Å².